The van der Waals surface area contributed by atoms with Crippen LogP contribution in [0.15, 0.2) is 164 Å². The van der Waals surface area contributed by atoms with Gasteiger partial charge in [-0.2, -0.15) is 0 Å². The molecule has 232 valence electrons. The minimum absolute atomic E-state index is 0.109. The molecule has 3 aliphatic carbocycles. The van der Waals surface area contributed by atoms with Gasteiger partial charge >= 0.3 is 0 Å². The van der Waals surface area contributed by atoms with Crippen LogP contribution in [-0.4, -0.2) is 0 Å². The summed E-state index contributed by atoms with van der Waals surface area (Å²) in [6, 6.07) is 56.7. The second-order valence-electron chi connectivity index (χ2n) is 14.5. The Kier molecular flexibility index (Phi) is 6.15. The third-order valence-corrected chi connectivity index (χ3v) is 11.4. The summed E-state index contributed by atoms with van der Waals surface area (Å²) in [6.45, 7) is 4.78. The molecule has 0 aliphatic heterocycles. The maximum absolute atomic E-state index is 2.51. The minimum atomic E-state index is -0.109. The zero-order valence-corrected chi connectivity index (χ0v) is 27.8. The molecular weight excluding hydrogens is 589 g/mol. The summed E-state index contributed by atoms with van der Waals surface area (Å²) < 4.78 is 0. The Morgan fingerprint density at radius 3 is 1.98 bits per heavy atom. The summed E-state index contributed by atoms with van der Waals surface area (Å²) in [7, 11) is 0. The predicted octanol–water partition coefficient (Wildman–Crippen LogP) is 12.7. The van der Waals surface area contributed by atoms with Crippen molar-refractivity contribution in [3.8, 4) is 33.4 Å². The van der Waals surface area contributed by atoms with E-state index in [-0.39, 0.29) is 5.41 Å². The lowest BCUT2D eigenvalue weighted by Crippen LogP contribution is -2.20. The van der Waals surface area contributed by atoms with Gasteiger partial charge in [-0.15, -0.1) is 0 Å². The van der Waals surface area contributed by atoms with E-state index in [1.165, 1.54) is 88.7 Å². The molecule has 0 spiro atoms. The van der Waals surface area contributed by atoms with Crippen LogP contribution in [0, 0.1) is 5.92 Å². The third kappa shape index (κ3) is 4.30. The van der Waals surface area contributed by atoms with Crippen LogP contribution < -0.4 is 0 Å². The zero-order valence-electron chi connectivity index (χ0n) is 27.8. The first-order valence-corrected chi connectivity index (χ1v) is 17.5. The van der Waals surface area contributed by atoms with Gasteiger partial charge in [-0.05, 0) is 107 Å². The monoisotopic (exact) mass is 624 g/mol. The number of allylic oxidation sites excluding steroid dienone is 2. The molecule has 0 heteroatoms. The Morgan fingerprint density at radius 2 is 1.10 bits per heavy atom. The maximum atomic E-state index is 2.51. The first-order chi connectivity index (χ1) is 24.0. The molecule has 2 atom stereocenters. The van der Waals surface area contributed by atoms with Gasteiger partial charge in [0, 0.05) is 17.3 Å². The SMILES string of the molecule is CC1(C)c2cc(-c3cccc(C4=CC5C=Cc6ccccc6C5c5ccccc54)c3)ccc2-c2ccc(-c3cccc4ccccc34)cc21. The van der Waals surface area contributed by atoms with Gasteiger partial charge < -0.3 is 0 Å². The van der Waals surface area contributed by atoms with Crippen molar-refractivity contribution in [1.29, 1.82) is 0 Å². The first-order valence-electron chi connectivity index (χ1n) is 17.5. The van der Waals surface area contributed by atoms with Crippen LogP contribution in [0.3, 0.4) is 0 Å². The van der Waals surface area contributed by atoms with Crippen LogP contribution >= 0.6 is 0 Å². The van der Waals surface area contributed by atoms with Crippen molar-refractivity contribution in [2.45, 2.75) is 25.2 Å². The summed E-state index contributed by atoms with van der Waals surface area (Å²) in [5.74, 6) is 0.688. The molecule has 0 bridgehead atoms. The van der Waals surface area contributed by atoms with Crippen molar-refractivity contribution in [3.63, 3.8) is 0 Å². The summed E-state index contributed by atoms with van der Waals surface area (Å²) in [6.07, 6.45) is 7.22. The van der Waals surface area contributed by atoms with Gasteiger partial charge in [0.2, 0.25) is 0 Å². The average molecular weight is 625 g/mol. The highest BCUT2D eigenvalue weighted by Crippen LogP contribution is 2.52. The number of benzene rings is 7. The molecule has 10 rings (SSSR count). The van der Waals surface area contributed by atoms with E-state index in [0.717, 1.165) is 0 Å². The summed E-state index contributed by atoms with van der Waals surface area (Å²) in [4.78, 5) is 0. The van der Waals surface area contributed by atoms with Crippen molar-refractivity contribution in [2.24, 2.45) is 5.92 Å². The van der Waals surface area contributed by atoms with E-state index in [1.807, 2.05) is 0 Å². The van der Waals surface area contributed by atoms with E-state index >= 15 is 0 Å². The van der Waals surface area contributed by atoms with Gasteiger partial charge in [-0.3, -0.25) is 0 Å². The standard InChI is InChI=1S/C49H36/c1-49(2)46-29-34(23-25-42(46)43-26-24-36(30-47(43)49)39-20-10-13-31-11-3-5-16-38(31)39)33-14-9-15-35(27-33)45-28-37-22-21-32-12-4-6-17-40(32)48(37)44-19-8-7-18-41(44)45/h3-30,37,48H,1-2H3. The molecule has 0 amide bonds. The fraction of sp³-hybridized carbons (Fsp3) is 0.102. The molecule has 3 aliphatic rings. The Hall–Kier alpha value is -5.72. The van der Waals surface area contributed by atoms with E-state index < -0.39 is 0 Å². The summed E-state index contributed by atoms with van der Waals surface area (Å²) in [5, 5.41) is 2.58. The van der Waals surface area contributed by atoms with E-state index in [1.54, 1.807) is 0 Å². The van der Waals surface area contributed by atoms with Gasteiger partial charge in [0.1, 0.15) is 0 Å². The number of hydrogen-bond donors (Lipinski definition) is 0. The van der Waals surface area contributed by atoms with Crippen LogP contribution in [0.25, 0.3) is 55.8 Å². The molecule has 0 N–H and O–H groups in total. The third-order valence-electron chi connectivity index (χ3n) is 11.4. The Morgan fingerprint density at radius 1 is 0.469 bits per heavy atom. The summed E-state index contributed by atoms with van der Waals surface area (Å²) >= 11 is 0. The molecular formula is C49H36. The second-order valence-corrected chi connectivity index (χ2v) is 14.5. The molecule has 49 heavy (non-hydrogen) atoms. The van der Waals surface area contributed by atoms with Crippen molar-refractivity contribution in [3.05, 3.63) is 203 Å². The van der Waals surface area contributed by atoms with Crippen molar-refractivity contribution in [2.75, 3.05) is 0 Å². The van der Waals surface area contributed by atoms with Gasteiger partial charge in [-0.25, -0.2) is 0 Å². The normalized spacial score (nSPS) is 17.8. The van der Waals surface area contributed by atoms with E-state index in [0.29, 0.717) is 11.8 Å². The van der Waals surface area contributed by atoms with Crippen LogP contribution in [0.4, 0.5) is 0 Å². The molecule has 0 aromatic heterocycles. The first kappa shape index (κ1) is 28.3. The molecule has 2 unspecified atom stereocenters. The Bertz CT molecular complexity index is 2530. The zero-order chi connectivity index (χ0) is 32.7. The number of hydrogen-bond acceptors (Lipinski definition) is 0. The minimum Gasteiger partial charge on any atom is -0.0760 e. The lowest BCUT2D eigenvalue weighted by Gasteiger charge is -2.35. The van der Waals surface area contributed by atoms with E-state index in [9.17, 15) is 0 Å². The topological polar surface area (TPSA) is 0 Å². The van der Waals surface area contributed by atoms with Crippen LogP contribution in [0.5, 0.6) is 0 Å². The fourth-order valence-corrected chi connectivity index (χ4v) is 8.98. The molecule has 7 aromatic carbocycles. The Labute approximate surface area is 288 Å². The molecule has 7 aromatic rings. The Balaban J connectivity index is 1.03. The molecule has 0 heterocycles. The van der Waals surface area contributed by atoms with Crippen LogP contribution in [-0.2, 0) is 5.41 Å². The molecule has 0 radical (unpaired) electrons. The van der Waals surface area contributed by atoms with Crippen molar-refractivity contribution >= 4 is 22.4 Å². The predicted molar refractivity (Wildman–Crippen MR) is 207 cm³/mol. The molecule has 0 fully saturated rings. The van der Waals surface area contributed by atoms with Crippen LogP contribution in [0.2, 0.25) is 0 Å². The van der Waals surface area contributed by atoms with Gasteiger partial charge in [0.15, 0.2) is 0 Å². The lowest BCUT2D eigenvalue weighted by atomic mass is 9.68. The highest BCUT2D eigenvalue weighted by Gasteiger charge is 2.36. The largest absolute Gasteiger partial charge is 0.0760 e. The van der Waals surface area contributed by atoms with E-state index in [4.69, 9.17) is 0 Å². The van der Waals surface area contributed by atoms with Crippen molar-refractivity contribution < 1.29 is 0 Å². The average Bonchev–Trinajstić information content (AvgIpc) is 3.39. The highest BCUT2D eigenvalue weighted by atomic mass is 14.4. The maximum Gasteiger partial charge on any atom is 0.0199 e. The molecule has 0 saturated carbocycles. The quantitative estimate of drug-likeness (QED) is 0.183. The summed E-state index contributed by atoms with van der Waals surface area (Å²) in [5.41, 5.74) is 18.6. The number of rotatable bonds is 3. The smallest absolute Gasteiger partial charge is 0.0199 e. The van der Waals surface area contributed by atoms with E-state index in [2.05, 4.69) is 184 Å². The van der Waals surface area contributed by atoms with Gasteiger partial charge in [-0.1, -0.05) is 166 Å². The van der Waals surface area contributed by atoms with Crippen molar-refractivity contribution in [1.82, 2.24) is 0 Å². The van der Waals surface area contributed by atoms with Gasteiger partial charge in [0.25, 0.3) is 0 Å². The fourth-order valence-electron chi connectivity index (χ4n) is 8.98. The highest BCUT2D eigenvalue weighted by molar-refractivity contribution is 5.98. The van der Waals surface area contributed by atoms with Crippen LogP contribution in [0.1, 0.15) is 58.7 Å². The number of fused-ring (bicyclic) bond motifs is 9. The molecule has 0 nitrogen and oxygen atoms in total. The second kappa shape index (κ2) is 10.6. The lowest BCUT2D eigenvalue weighted by molar-refractivity contribution is 0.661. The molecule has 0 saturated heterocycles. The van der Waals surface area contributed by atoms with Gasteiger partial charge in [0.05, 0.1) is 0 Å².